The van der Waals surface area contributed by atoms with Crippen LogP contribution in [0.5, 0.6) is 0 Å². The van der Waals surface area contributed by atoms with Crippen LogP contribution in [0.3, 0.4) is 0 Å². The predicted molar refractivity (Wildman–Crippen MR) is 278 cm³/mol. The molecule has 2 aliphatic carbocycles. The number of benzene rings is 7. The summed E-state index contributed by atoms with van der Waals surface area (Å²) in [5.41, 5.74) is 22.6. The quantitative estimate of drug-likeness (QED) is 0.163. The van der Waals surface area contributed by atoms with Crippen LogP contribution in [0.2, 0.25) is 0 Å². The highest BCUT2D eigenvalue weighted by Crippen LogP contribution is 2.63. The second-order valence-electron chi connectivity index (χ2n) is 22.8. The van der Waals surface area contributed by atoms with Crippen molar-refractivity contribution < 1.29 is 0 Å². The molecular formula is C61H62BN3. The second-order valence-corrected chi connectivity index (χ2v) is 22.8. The van der Waals surface area contributed by atoms with Crippen LogP contribution in [0.4, 0.5) is 45.5 Å². The van der Waals surface area contributed by atoms with Crippen molar-refractivity contribution >= 4 is 68.6 Å². The van der Waals surface area contributed by atoms with Crippen LogP contribution >= 0.6 is 0 Å². The third kappa shape index (κ3) is 5.68. The molecule has 7 aromatic carbocycles. The minimum Gasteiger partial charge on any atom is -0.334 e. The third-order valence-electron chi connectivity index (χ3n) is 17.2. The lowest BCUT2D eigenvalue weighted by Gasteiger charge is -2.48. The smallest absolute Gasteiger partial charge is 0.252 e. The molecule has 3 heterocycles. The standard InChI is InChI=1S/C61H62BN3/c1-57(2,3)41-29-30-50(44(35-41)40-21-12-10-13-22-40)64-53-39-47-46(58(4,5)33-34-59(47,6)7)38-49(53)62-48-26-17-19-28-52(48)63(42-23-14-11-15-24-42)54-36-43(37-55(64)56(54)62)65-51-27-18-16-25-45(51)60(8)31-20-32-61(60,65)9/h10-19,21-30,35-39H,20,31-34H2,1-9H3. The lowest BCUT2D eigenvalue weighted by molar-refractivity contribution is 0.330. The Bertz CT molecular complexity index is 3070. The zero-order valence-electron chi connectivity index (χ0n) is 39.9. The average molecular weight is 848 g/mol. The number of rotatable bonds is 4. The van der Waals surface area contributed by atoms with Gasteiger partial charge in [0.2, 0.25) is 0 Å². The van der Waals surface area contributed by atoms with E-state index in [0.717, 1.165) is 12.8 Å². The van der Waals surface area contributed by atoms with Crippen molar-refractivity contribution in [2.45, 2.75) is 122 Å². The molecule has 0 N–H and O–H groups in total. The summed E-state index contributed by atoms with van der Waals surface area (Å²) in [6.07, 6.45) is 5.89. The lowest BCUT2D eigenvalue weighted by atomic mass is 9.33. The number of hydrogen-bond donors (Lipinski definition) is 0. The lowest BCUT2D eigenvalue weighted by Crippen LogP contribution is -2.62. The SMILES string of the molecule is CC(C)(C)c1ccc(N2c3cc4c(cc3B3c5ccccc5N(c5ccccc5)c5cc(N6c7ccccc7C7(C)CCCC67C)cc2c53)C(C)(C)CCC4(C)C)c(-c2ccccc2)c1. The van der Waals surface area contributed by atoms with Gasteiger partial charge in [-0.2, -0.15) is 0 Å². The van der Waals surface area contributed by atoms with Gasteiger partial charge in [-0.25, -0.2) is 0 Å². The van der Waals surface area contributed by atoms with Crippen LogP contribution < -0.4 is 31.1 Å². The number of fused-ring (bicyclic) bond motifs is 8. The van der Waals surface area contributed by atoms with Crippen molar-refractivity contribution in [2.75, 3.05) is 14.7 Å². The van der Waals surface area contributed by atoms with Gasteiger partial charge in [-0.05, 0) is 148 Å². The predicted octanol–water partition coefficient (Wildman–Crippen LogP) is 14.4. The van der Waals surface area contributed by atoms with E-state index in [2.05, 4.69) is 229 Å². The molecule has 0 radical (unpaired) electrons. The van der Waals surface area contributed by atoms with Crippen LogP contribution in [0.15, 0.2) is 152 Å². The summed E-state index contributed by atoms with van der Waals surface area (Å²) in [6, 6.07) is 58.8. The minimum absolute atomic E-state index is 0.0207. The molecule has 3 aliphatic heterocycles. The van der Waals surface area contributed by atoms with E-state index in [1.165, 1.54) is 115 Å². The fourth-order valence-corrected chi connectivity index (χ4v) is 13.2. The fourth-order valence-electron chi connectivity index (χ4n) is 13.2. The molecule has 3 nitrogen and oxygen atoms in total. The Labute approximate surface area is 388 Å². The van der Waals surface area contributed by atoms with E-state index in [0.29, 0.717) is 0 Å². The highest BCUT2D eigenvalue weighted by Gasteiger charge is 2.60. The highest BCUT2D eigenvalue weighted by molar-refractivity contribution is 7.00. The van der Waals surface area contributed by atoms with Crippen molar-refractivity contribution in [3.05, 3.63) is 174 Å². The number of anilines is 8. The minimum atomic E-state index is -0.0865. The van der Waals surface area contributed by atoms with Gasteiger partial charge in [-0.3, -0.25) is 0 Å². The van der Waals surface area contributed by atoms with Gasteiger partial charge in [0.1, 0.15) is 0 Å². The first-order valence-corrected chi connectivity index (χ1v) is 24.3. The Kier molecular flexibility index (Phi) is 8.58. The van der Waals surface area contributed by atoms with Crippen molar-refractivity contribution in [3.63, 3.8) is 0 Å². The van der Waals surface area contributed by atoms with E-state index < -0.39 is 0 Å². The molecule has 2 unspecified atom stereocenters. The van der Waals surface area contributed by atoms with Crippen molar-refractivity contribution in [3.8, 4) is 11.1 Å². The highest BCUT2D eigenvalue weighted by atomic mass is 15.3. The van der Waals surface area contributed by atoms with E-state index in [-0.39, 0.29) is 33.9 Å². The average Bonchev–Trinajstić information content (AvgIpc) is 3.71. The van der Waals surface area contributed by atoms with Crippen LogP contribution in [-0.4, -0.2) is 12.3 Å². The molecule has 0 aromatic heterocycles. The maximum atomic E-state index is 2.78. The van der Waals surface area contributed by atoms with Crippen molar-refractivity contribution in [2.24, 2.45) is 0 Å². The largest absolute Gasteiger partial charge is 0.334 e. The normalized spacial score (nSPS) is 21.9. The topological polar surface area (TPSA) is 9.72 Å². The molecule has 12 rings (SSSR count). The van der Waals surface area contributed by atoms with E-state index in [1.807, 2.05) is 0 Å². The van der Waals surface area contributed by atoms with Gasteiger partial charge in [-0.15, -0.1) is 0 Å². The monoisotopic (exact) mass is 848 g/mol. The van der Waals surface area contributed by atoms with E-state index in [4.69, 9.17) is 0 Å². The number of hydrogen-bond acceptors (Lipinski definition) is 3. The summed E-state index contributed by atoms with van der Waals surface area (Å²) in [4.78, 5) is 8.08. The van der Waals surface area contributed by atoms with E-state index in [9.17, 15) is 0 Å². The van der Waals surface area contributed by atoms with Crippen LogP contribution in [0.25, 0.3) is 11.1 Å². The van der Waals surface area contributed by atoms with Crippen LogP contribution in [0.1, 0.15) is 117 Å². The summed E-state index contributed by atoms with van der Waals surface area (Å²) in [7, 11) is 0. The Morgan fingerprint density at radius 1 is 0.462 bits per heavy atom. The molecule has 1 saturated carbocycles. The Morgan fingerprint density at radius 2 is 1.08 bits per heavy atom. The molecule has 2 atom stereocenters. The van der Waals surface area contributed by atoms with E-state index in [1.54, 1.807) is 0 Å². The molecule has 5 aliphatic rings. The number of para-hydroxylation sites is 3. The van der Waals surface area contributed by atoms with Crippen molar-refractivity contribution in [1.82, 2.24) is 0 Å². The molecule has 0 spiro atoms. The van der Waals surface area contributed by atoms with Crippen LogP contribution in [-0.2, 0) is 21.7 Å². The zero-order valence-corrected chi connectivity index (χ0v) is 39.9. The fraction of sp³-hybridized carbons (Fsp3) is 0.311. The van der Waals surface area contributed by atoms with Gasteiger partial charge >= 0.3 is 0 Å². The zero-order chi connectivity index (χ0) is 44.8. The molecule has 324 valence electrons. The Balaban J connectivity index is 1.24. The first kappa shape index (κ1) is 40.5. The molecule has 4 heteroatoms. The van der Waals surface area contributed by atoms with Crippen molar-refractivity contribution in [1.29, 1.82) is 0 Å². The maximum absolute atomic E-state index is 2.78. The summed E-state index contributed by atoms with van der Waals surface area (Å²) < 4.78 is 0. The first-order valence-electron chi connectivity index (χ1n) is 24.3. The van der Waals surface area contributed by atoms with Gasteiger partial charge < -0.3 is 14.7 Å². The molecule has 1 fully saturated rings. The molecule has 65 heavy (non-hydrogen) atoms. The Morgan fingerprint density at radius 3 is 1.78 bits per heavy atom. The van der Waals surface area contributed by atoms with Gasteiger partial charge in [0, 0.05) is 50.8 Å². The summed E-state index contributed by atoms with van der Waals surface area (Å²) in [5.74, 6) is 0. The van der Waals surface area contributed by atoms with Gasteiger partial charge in [0.25, 0.3) is 6.71 Å². The first-order chi connectivity index (χ1) is 31.1. The molecule has 0 saturated heterocycles. The molecule has 7 aromatic rings. The van der Waals surface area contributed by atoms with E-state index >= 15 is 0 Å². The number of nitrogens with zero attached hydrogens (tertiary/aromatic N) is 3. The van der Waals surface area contributed by atoms with Crippen LogP contribution in [0, 0.1) is 0 Å². The maximum Gasteiger partial charge on any atom is 0.252 e. The van der Waals surface area contributed by atoms with Gasteiger partial charge in [0.15, 0.2) is 0 Å². The molecule has 0 bridgehead atoms. The third-order valence-corrected chi connectivity index (χ3v) is 17.2. The molecular weight excluding hydrogens is 786 g/mol. The molecule has 0 amide bonds. The summed E-state index contributed by atoms with van der Waals surface area (Å²) in [5, 5.41) is 0. The van der Waals surface area contributed by atoms with Gasteiger partial charge in [0.05, 0.1) is 11.2 Å². The Hall–Kier alpha value is -6.00. The second kappa shape index (κ2) is 13.8. The van der Waals surface area contributed by atoms with Gasteiger partial charge in [-0.1, -0.05) is 159 Å². The summed E-state index contributed by atoms with van der Waals surface area (Å²) >= 11 is 0. The summed E-state index contributed by atoms with van der Waals surface area (Å²) in [6.45, 7) is 22.1.